The minimum Gasteiger partial charge on any atom is -0.497 e. The first-order chi connectivity index (χ1) is 9.65. The summed E-state index contributed by atoms with van der Waals surface area (Å²) in [6.45, 7) is 2.03. The molecule has 1 fully saturated rings. The van der Waals surface area contributed by atoms with Crippen LogP contribution in [0.15, 0.2) is 24.3 Å². The van der Waals surface area contributed by atoms with Crippen molar-refractivity contribution >= 4 is 11.8 Å². The first-order valence-electron chi connectivity index (χ1n) is 6.72. The number of ether oxygens (including phenoxy) is 1. The van der Waals surface area contributed by atoms with Crippen LogP contribution >= 0.6 is 0 Å². The first-order valence-corrected chi connectivity index (χ1v) is 6.72. The van der Waals surface area contributed by atoms with Crippen molar-refractivity contribution in [1.82, 2.24) is 9.97 Å². The lowest BCUT2D eigenvalue weighted by Crippen LogP contribution is -2.06. The van der Waals surface area contributed by atoms with Crippen LogP contribution in [0.25, 0.3) is 11.3 Å². The van der Waals surface area contributed by atoms with Gasteiger partial charge in [-0.25, -0.2) is 4.98 Å². The number of aromatic nitrogens is 2. The molecule has 5 heteroatoms. The van der Waals surface area contributed by atoms with Crippen LogP contribution in [0.3, 0.4) is 0 Å². The van der Waals surface area contributed by atoms with E-state index < -0.39 is 0 Å². The summed E-state index contributed by atoms with van der Waals surface area (Å²) in [6, 6.07) is 8.39. The lowest BCUT2D eigenvalue weighted by molar-refractivity contribution is 0.414. The Hall–Kier alpha value is -2.30. The fraction of sp³-hybridized carbons (Fsp3) is 0.333. The van der Waals surface area contributed by atoms with E-state index in [9.17, 15) is 0 Å². The Balaban J connectivity index is 1.97. The quantitative estimate of drug-likeness (QED) is 0.893. The first kappa shape index (κ1) is 12.7. The van der Waals surface area contributed by atoms with Gasteiger partial charge in [-0.3, -0.25) is 0 Å². The second-order valence-electron chi connectivity index (χ2n) is 5.10. The lowest BCUT2D eigenvalue weighted by Gasteiger charge is -2.10. The second kappa shape index (κ2) is 5.00. The van der Waals surface area contributed by atoms with E-state index in [0.29, 0.717) is 12.0 Å². The number of nitrogen functional groups attached to an aromatic ring is 1. The molecule has 0 bridgehead atoms. The summed E-state index contributed by atoms with van der Waals surface area (Å²) < 4.78 is 5.22. The molecule has 1 aromatic carbocycles. The molecule has 1 aromatic heterocycles. The molecule has 0 radical (unpaired) electrons. The van der Waals surface area contributed by atoms with E-state index in [2.05, 4.69) is 15.3 Å². The zero-order chi connectivity index (χ0) is 14.1. The highest BCUT2D eigenvalue weighted by Crippen LogP contribution is 2.29. The number of aryl methyl sites for hydroxylation is 1. The van der Waals surface area contributed by atoms with Crippen molar-refractivity contribution in [3.8, 4) is 17.0 Å². The molecule has 3 rings (SSSR count). The van der Waals surface area contributed by atoms with Crippen LogP contribution in [0.4, 0.5) is 11.8 Å². The SMILES string of the molecule is COc1ccc(-c2cc(NC3CC3)nc(N)n2)c(C)c1. The fourth-order valence-corrected chi connectivity index (χ4v) is 2.17. The van der Waals surface area contributed by atoms with Gasteiger partial charge in [0.1, 0.15) is 11.6 Å². The van der Waals surface area contributed by atoms with Crippen molar-refractivity contribution in [2.24, 2.45) is 0 Å². The van der Waals surface area contributed by atoms with Crippen molar-refractivity contribution in [2.75, 3.05) is 18.2 Å². The van der Waals surface area contributed by atoms with Gasteiger partial charge in [0, 0.05) is 17.7 Å². The van der Waals surface area contributed by atoms with E-state index >= 15 is 0 Å². The number of hydrogen-bond acceptors (Lipinski definition) is 5. The highest BCUT2D eigenvalue weighted by molar-refractivity contribution is 5.68. The van der Waals surface area contributed by atoms with Crippen molar-refractivity contribution in [2.45, 2.75) is 25.8 Å². The van der Waals surface area contributed by atoms with Gasteiger partial charge < -0.3 is 15.8 Å². The molecular formula is C15H18N4O. The van der Waals surface area contributed by atoms with E-state index in [1.165, 1.54) is 12.8 Å². The number of benzene rings is 1. The number of nitrogens with two attached hydrogens (primary N) is 1. The highest BCUT2D eigenvalue weighted by atomic mass is 16.5. The molecule has 5 nitrogen and oxygen atoms in total. The predicted molar refractivity (Wildman–Crippen MR) is 79.8 cm³/mol. The van der Waals surface area contributed by atoms with Gasteiger partial charge in [0.25, 0.3) is 0 Å². The number of rotatable bonds is 4. The summed E-state index contributed by atoms with van der Waals surface area (Å²) in [5.74, 6) is 1.93. The number of nitrogens with zero attached hydrogens (tertiary/aromatic N) is 2. The maximum absolute atomic E-state index is 5.81. The average molecular weight is 270 g/mol. The standard InChI is InChI=1S/C15H18N4O/c1-9-7-11(20-2)5-6-12(9)13-8-14(17-10-3-4-10)19-15(16)18-13/h5-8,10H,3-4H2,1-2H3,(H3,16,17,18,19). The molecule has 1 aliphatic carbocycles. The van der Waals surface area contributed by atoms with Gasteiger partial charge in [-0.05, 0) is 43.5 Å². The summed E-state index contributed by atoms with van der Waals surface area (Å²) in [5.41, 5.74) is 8.78. The molecule has 0 atom stereocenters. The summed E-state index contributed by atoms with van der Waals surface area (Å²) >= 11 is 0. The molecule has 0 amide bonds. The van der Waals surface area contributed by atoms with Crippen LogP contribution in [-0.4, -0.2) is 23.1 Å². The van der Waals surface area contributed by atoms with Crippen LogP contribution in [0.2, 0.25) is 0 Å². The van der Waals surface area contributed by atoms with E-state index in [1.54, 1.807) is 7.11 Å². The number of methoxy groups -OCH3 is 1. The van der Waals surface area contributed by atoms with Crippen molar-refractivity contribution < 1.29 is 4.74 Å². The lowest BCUT2D eigenvalue weighted by atomic mass is 10.1. The zero-order valence-corrected chi connectivity index (χ0v) is 11.7. The Bertz CT molecular complexity index is 638. The Kier molecular flexibility index (Phi) is 3.18. The van der Waals surface area contributed by atoms with Gasteiger partial charge >= 0.3 is 0 Å². The van der Waals surface area contributed by atoms with Gasteiger partial charge in [0.15, 0.2) is 0 Å². The Labute approximate surface area is 118 Å². The molecule has 1 heterocycles. The third kappa shape index (κ3) is 2.66. The minimum atomic E-state index is 0.292. The monoisotopic (exact) mass is 270 g/mol. The van der Waals surface area contributed by atoms with Crippen molar-refractivity contribution in [3.05, 3.63) is 29.8 Å². The smallest absolute Gasteiger partial charge is 0.222 e. The fourth-order valence-electron chi connectivity index (χ4n) is 2.17. The third-order valence-corrected chi connectivity index (χ3v) is 3.38. The van der Waals surface area contributed by atoms with Gasteiger partial charge in [-0.2, -0.15) is 4.98 Å². The predicted octanol–water partition coefficient (Wildman–Crippen LogP) is 2.62. The molecule has 104 valence electrons. The molecule has 0 aliphatic heterocycles. The Morgan fingerprint density at radius 2 is 2.05 bits per heavy atom. The van der Waals surface area contributed by atoms with Crippen LogP contribution in [-0.2, 0) is 0 Å². The average Bonchev–Trinajstić information content (AvgIpc) is 3.21. The van der Waals surface area contributed by atoms with Gasteiger partial charge in [0.05, 0.1) is 12.8 Å². The van der Waals surface area contributed by atoms with E-state index in [-0.39, 0.29) is 0 Å². The third-order valence-electron chi connectivity index (χ3n) is 3.38. The maximum Gasteiger partial charge on any atom is 0.222 e. The van der Waals surface area contributed by atoms with E-state index in [0.717, 1.165) is 28.4 Å². The molecular weight excluding hydrogens is 252 g/mol. The Morgan fingerprint density at radius 1 is 1.25 bits per heavy atom. The summed E-state index contributed by atoms with van der Waals surface area (Å²) in [5, 5.41) is 3.35. The van der Waals surface area contributed by atoms with Crippen molar-refractivity contribution in [1.29, 1.82) is 0 Å². The molecule has 2 aromatic rings. The summed E-state index contributed by atoms with van der Waals surface area (Å²) in [4.78, 5) is 8.57. The number of anilines is 2. The Morgan fingerprint density at radius 3 is 2.70 bits per heavy atom. The van der Waals surface area contributed by atoms with Crippen LogP contribution < -0.4 is 15.8 Å². The zero-order valence-electron chi connectivity index (χ0n) is 11.7. The van der Waals surface area contributed by atoms with E-state index in [4.69, 9.17) is 10.5 Å². The maximum atomic E-state index is 5.81. The second-order valence-corrected chi connectivity index (χ2v) is 5.10. The van der Waals surface area contributed by atoms with Crippen LogP contribution in [0.1, 0.15) is 18.4 Å². The van der Waals surface area contributed by atoms with Crippen molar-refractivity contribution in [3.63, 3.8) is 0 Å². The summed E-state index contributed by atoms with van der Waals surface area (Å²) in [6.07, 6.45) is 2.39. The molecule has 1 aliphatic rings. The minimum absolute atomic E-state index is 0.292. The normalized spacial score (nSPS) is 14.1. The van der Waals surface area contributed by atoms with Crippen LogP contribution in [0.5, 0.6) is 5.75 Å². The van der Waals surface area contributed by atoms with Crippen LogP contribution in [0, 0.1) is 6.92 Å². The molecule has 0 unspecified atom stereocenters. The largest absolute Gasteiger partial charge is 0.497 e. The summed E-state index contributed by atoms with van der Waals surface area (Å²) in [7, 11) is 1.66. The highest BCUT2D eigenvalue weighted by Gasteiger charge is 2.21. The number of nitrogens with one attached hydrogen (secondary N) is 1. The van der Waals surface area contributed by atoms with E-state index in [1.807, 2.05) is 31.2 Å². The van der Waals surface area contributed by atoms with Gasteiger partial charge in [0.2, 0.25) is 5.95 Å². The van der Waals surface area contributed by atoms with Gasteiger partial charge in [-0.1, -0.05) is 0 Å². The molecule has 20 heavy (non-hydrogen) atoms. The molecule has 3 N–H and O–H groups in total. The topological polar surface area (TPSA) is 73.1 Å². The molecule has 0 spiro atoms. The molecule has 0 saturated heterocycles. The van der Waals surface area contributed by atoms with Gasteiger partial charge in [-0.15, -0.1) is 0 Å². The molecule has 1 saturated carbocycles. The number of hydrogen-bond donors (Lipinski definition) is 2.